The molecular weight excluding hydrogens is 316 g/mol. The van der Waals surface area contributed by atoms with Gasteiger partial charge in [-0.05, 0) is 56.6 Å². The van der Waals surface area contributed by atoms with E-state index >= 15 is 0 Å². The Morgan fingerprint density at radius 2 is 1.96 bits per heavy atom. The SMILES string of the molecule is COc1cccc(OC(C)CNC(=O)C2CC3CCCC(C2)C3N)c1. The maximum Gasteiger partial charge on any atom is 0.223 e. The van der Waals surface area contributed by atoms with Gasteiger partial charge >= 0.3 is 0 Å². The molecule has 3 rings (SSSR count). The van der Waals surface area contributed by atoms with Crippen LogP contribution in [0.25, 0.3) is 0 Å². The minimum Gasteiger partial charge on any atom is -0.497 e. The first-order valence-electron chi connectivity index (χ1n) is 9.41. The summed E-state index contributed by atoms with van der Waals surface area (Å²) >= 11 is 0. The van der Waals surface area contributed by atoms with Gasteiger partial charge in [0.05, 0.1) is 13.7 Å². The zero-order valence-corrected chi connectivity index (χ0v) is 15.2. The molecule has 2 aliphatic carbocycles. The lowest BCUT2D eigenvalue weighted by atomic mass is 9.65. The van der Waals surface area contributed by atoms with Gasteiger partial charge in [0.2, 0.25) is 5.91 Å². The number of carbonyl (C=O) groups is 1. The summed E-state index contributed by atoms with van der Waals surface area (Å²) in [5.74, 6) is 2.82. The zero-order chi connectivity index (χ0) is 17.8. The second kappa shape index (κ2) is 8.09. The van der Waals surface area contributed by atoms with Crippen LogP contribution in [-0.2, 0) is 4.79 Å². The van der Waals surface area contributed by atoms with Crippen LogP contribution in [0.5, 0.6) is 11.5 Å². The maximum absolute atomic E-state index is 12.6. The van der Waals surface area contributed by atoms with E-state index in [0.29, 0.717) is 24.4 Å². The molecule has 3 N–H and O–H groups in total. The smallest absolute Gasteiger partial charge is 0.223 e. The molecule has 5 nitrogen and oxygen atoms in total. The number of hydrogen-bond donors (Lipinski definition) is 2. The van der Waals surface area contributed by atoms with Crippen LogP contribution in [0.3, 0.4) is 0 Å². The summed E-state index contributed by atoms with van der Waals surface area (Å²) < 4.78 is 11.1. The van der Waals surface area contributed by atoms with Gasteiger partial charge in [0.25, 0.3) is 0 Å². The Morgan fingerprint density at radius 3 is 2.64 bits per heavy atom. The fourth-order valence-electron chi connectivity index (χ4n) is 4.34. The first kappa shape index (κ1) is 18.1. The Kier molecular flexibility index (Phi) is 5.84. The fourth-order valence-corrected chi connectivity index (χ4v) is 4.34. The lowest BCUT2D eigenvalue weighted by Gasteiger charge is -2.43. The lowest BCUT2D eigenvalue weighted by Crippen LogP contribution is -2.49. The summed E-state index contributed by atoms with van der Waals surface area (Å²) in [5, 5.41) is 3.07. The van der Waals surface area contributed by atoms with Gasteiger partial charge in [0.1, 0.15) is 17.6 Å². The molecule has 1 aromatic rings. The van der Waals surface area contributed by atoms with Crippen molar-refractivity contribution in [3.8, 4) is 11.5 Å². The number of nitrogens with one attached hydrogen (secondary N) is 1. The monoisotopic (exact) mass is 346 g/mol. The summed E-state index contributed by atoms with van der Waals surface area (Å²) in [4.78, 5) is 12.6. The van der Waals surface area contributed by atoms with Crippen LogP contribution in [-0.4, -0.2) is 31.7 Å². The van der Waals surface area contributed by atoms with E-state index in [1.165, 1.54) is 19.3 Å². The predicted octanol–water partition coefficient (Wildman–Crippen LogP) is 2.73. The predicted molar refractivity (Wildman–Crippen MR) is 97.6 cm³/mol. The quantitative estimate of drug-likeness (QED) is 0.831. The summed E-state index contributed by atoms with van der Waals surface area (Å²) in [6, 6.07) is 7.81. The van der Waals surface area contributed by atoms with Crippen LogP contribution in [0, 0.1) is 17.8 Å². The lowest BCUT2D eigenvalue weighted by molar-refractivity contribution is -0.128. The summed E-state index contributed by atoms with van der Waals surface area (Å²) in [6.45, 7) is 2.47. The van der Waals surface area contributed by atoms with Crippen LogP contribution in [0.4, 0.5) is 0 Å². The third-order valence-electron chi connectivity index (χ3n) is 5.73. The fraction of sp³-hybridized carbons (Fsp3) is 0.650. The highest BCUT2D eigenvalue weighted by Crippen LogP contribution is 2.41. The molecule has 2 aliphatic rings. The van der Waals surface area contributed by atoms with Crippen LogP contribution >= 0.6 is 0 Å². The van der Waals surface area contributed by atoms with E-state index in [0.717, 1.165) is 24.3 Å². The minimum absolute atomic E-state index is 0.0959. The van der Waals surface area contributed by atoms with Gasteiger partial charge in [-0.15, -0.1) is 0 Å². The molecule has 0 aliphatic heterocycles. The van der Waals surface area contributed by atoms with Crippen molar-refractivity contribution in [2.24, 2.45) is 23.5 Å². The molecule has 0 spiro atoms. The van der Waals surface area contributed by atoms with Crippen molar-refractivity contribution in [3.05, 3.63) is 24.3 Å². The Labute approximate surface area is 150 Å². The largest absolute Gasteiger partial charge is 0.497 e. The van der Waals surface area contributed by atoms with E-state index in [9.17, 15) is 4.79 Å². The van der Waals surface area contributed by atoms with E-state index in [4.69, 9.17) is 15.2 Å². The molecule has 5 heteroatoms. The van der Waals surface area contributed by atoms with Crippen molar-refractivity contribution in [1.29, 1.82) is 0 Å². The van der Waals surface area contributed by atoms with Gasteiger partial charge in [-0.3, -0.25) is 4.79 Å². The number of carbonyl (C=O) groups excluding carboxylic acids is 1. The van der Waals surface area contributed by atoms with Crippen molar-refractivity contribution in [1.82, 2.24) is 5.32 Å². The van der Waals surface area contributed by atoms with Crippen molar-refractivity contribution in [3.63, 3.8) is 0 Å². The molecule has 2 saturated carbocycles. The average molecular weight is 346 g/mol. The van der Waals surface area contributed by atoms with Crippen LogP contribution in [0.2, 0.25) is 0 Å². The first-order chi connectivity index (χ1) is 12.1. The Hall–Kier alpha value is -1.75. The Balaban J connectivity index is 1.47. The highest BCUT2D eigenvalue weighted by molar-refractivity contribution is 5.78. The van der Waals surface area contributed by atoms with Crippen LogP contribution in [0.15, 0.2) is 24.3 Å². The number of nitrogens with two attached hydrogens (primary N) is 1. The molecule has 25 heavy (non-hydrogen) atoms. The molecule has 3 atom stereocenters. The van der Waals surface area contributed by atoms with Gasteiger partial charge in [-0.1, -0.05) is 12.5 Å². The molecule has 2 bridgehead atoms. The molecule has 0 saturated heterocycles. The summed E-state index contributed by atoms with van der Waals surface area (Å²) in [7, 11) is 1.63. The first-order valence-corrected chi connectivity index (χ1v) is 9.41. The molecular formula is C20H30N2O3. The molecule has 0 aromatic heterocycles. The third-order valence-corrected chi connectivity index (χ3v) is 5.73. The van der Waals surface area contributed by atoms with Crippen LogP contribution < -0.4 is 20.5 Å². The number of rotatable bonds is 6. The molecule has 138 valence electrons. The molecule has 2 fully saturated rings. The topological polar surface area (TPSA) is 73.6 Å². The molecule has 1 amide bonds. The van der Waals surface area contributed by atoms with E-state index in [-0.39, 0.29) is 17.9 Å². The van der Waals surface area contributed by atoms with E-state index in [1.54, 1.807) is 7.11 Å². The van der Waals surface area contributed by atoms with Crippen molar-refractivity contribution < 1.29 is 14.3 Å². The maximum atomic E-state index is 12.6. The van der Waals surface area contributed by atoms with Crippen molar-refractivity contribution >= 4 is 5.91 Å². The normalized spacial score (nSPS) is 29.6. The average Bonchev–Trinajstić information content (AvgIpc) is 2.59. The Bertz CT molecular complexity index is 578. The molecule has 0 heterocycles. The van der Waals surface area contributed by atoms with E-state index < -0.39 is 0 Å². The number of ether oxygens (including phenoxy) is 2. The highest BCUT2D eigenvalue weighted by Gasteiger charge is 2.40. The van der Waals surface area contributed by atoms with Gasteiger partial charge in [0, 0.05) is 18.0 Å². The molecule has 0 radical (unpaired) electrons. The van der Waals surface area contributed by atoms with E-state index in [1.807, 2.05) is 31.2 Å². The third kappa shape index (κ3) is 4.46. The minimum atomic E-state index is -0.0959. The van der Waals surface area contributed by atoms with Gasteiger partial charge in [0.15, 0.2) is 0 Å². The summed E-state index contributed by atoms with van der Waals surface area (Å²) in [6.07, 6.45) is 5.40. The second-order valence-corrected chi connectivity index (χ2v) is 7.55. The number of methoxy groups -OCH3 is 1. The molecule has 3 unspecified atom stereocenters. The number of benzene rings is 1. The second-order valence-electron chi connectivity index (χ2n) is 7.55. The zero-order valence-electron chi connectivity index (χ0n) is 15.2. The Morgan fingerprint density at radius 1 is 1.28 bits per heavy atom. The van der Waals surface area contributed by atoms with Gasteiger partial charge < -0.3 is 20.5 Å². The van der Waals surface area contributed by atoms with Crippen molar-refractivity contribution in [2.45, 2.75) is 51.2 Å². The van der Waals surface area contributed by atoms with Crippen LogP contribution in [0.1, 0.15) is 39.0 Å². The van der Waals surface area contributed by atoms with Crippen molar-refractivity contribution in [2.75, 3.05) is 13.7 Å². The summed E-state index contributed by atoms with van der Waals surface area (Å²) in [5.41, 5.74) is 6.32. The number of hydrogen-bond acceptors (Lipinski definition) is 4. The van der Waals surface area contributed by atoms with E-state index in [2.05, 4.69) is 5.32 Å². The number of amides is 1. The number of fused-ring (bicyclic) bond motifs is 2. The van der Waals surface area contributed by atoms with Gasteiger partial charge in [-0.25, -0.2) is 0 Å². The van der Waals surface area contributed by atoms with Gasteiger partial charge in [-0.2, -0.15) is 0 Å². The standard InChI is InChI=1S/C20H30N2O3/c1-13(25-18-8-4-7-17(11-18)24-2)12-22-20(23)16-9-14-5-3-6-15(10-16)19(14)21/h4,7-8,11,13-16,19H,3,5-6,9-10,12,21H2,1-2H3,(H,22,23). The highest BCUT2D eigenvalue weighted by atomic mass is 16.5. The molecule has 1 aromatic carbocycles.